The zero-order chi connectivity index (χ0) is 14.2. The molecule has 1 unspecified atom stereocenters. The van der Waals surface area contributed by atoms with Crippen LogP contribution in [0.3, 0.4) is 0 Å². The maximum absolute atomic E-state index is 5.99. The van der Waals surface area contributed by atoms with Crippen LogP contribution in [-0.2, 0) is 6.42 Å². The predicted molar refractivity (Wildman–Crippen MR) is 84.2 cm³/mol. The summed E-state index contributed by atoms with van der Waals surface area (Å²) in [7, 11) is 0. The van der Waals surface area contributed by atoms with Crippen LogP contribution in [0.15, 0.2) is 24.3 Å². The normalized spacial score (nSPS) is 17.9. The number of hydrogen-bond donors (Lipinski definition) is 1. The predicted octanol–water partition coefficient (Wildman–Crippen LogP) is 2.69. The number of nitrogens with zero attached hydrogens (tertiary/aromatic N) is 1. The van der Waals surface area contributed by atoms with Crippen LogP contribution < -0.4 is 10.5 Å². The standard InChI is InChI=1S/C17H28N2O/c1-2-20-17-9-5-4-8-16(17)12-15(13-18)14-19-10-6-3-7-11-19/h4-5,8-9,15H,2-3,6-7,10-14,18H2,1H3. The van der Waals surface area contributed by atoms with E-state index in [1.165, 1.54) is 37.9 Å². The number of likely N-dealkylation sites (tertiary alicyclic amines) is 1. The fraction of sp³-hybridized carbons (Fsp3) is 0.647. The molecule has 0 aromatic heterocycles. The number of para-hydroxylation sites is 1. The molecule has 20 heavy (non-hydrogen) atoms. The highest BCUT2D eigenvalue weighted by Crippen LogP contribution is 2.22. The first-order chi connectivity index (χ1) is 9.83. The molecule has 1 aliphatic heterocycles. The molecule has 0 radical (unpaired) electrons. The number of piperidine rings is 1. The molecule has 3 heteroatoms. The molecule has 1 fully saturated rings. The summed E-state index contributed by atoms with van der Waals surface area (Å²) in [5.41, 5.74) is 7.29. The van der Waals surface area contributed by atoms with Crippen LogP contribution in [0.5, 0.6) is 5.75 Å². The molecular weight excluding hydrogens is 248 g/mol. The minimum absolute atomic E-state index is 0.523. The third-order valence-corrected chi connectivity index (χ3v) is 4.08. The molecule has 1 aromatic carbocycles. The third kappa shape index (κ3) is 4.50. The summed E-state index contributed by atoms with van der Waals surface area (Å²) >= 11 is 0. The van der Waals surface area contributed by atoms with Crippen LogP contribution >= 0.6 is 0 Å². The van der Waals surface area contributed by atoms with Gasteiger partial charge < -0.3 is 15.4 Å². The molecule has 1 heterocycles. The van der Waals surface area contributed by atoms with E-state index in [0.717, 1.165) is 31.9 Å². The Morgan fingerprint density at radius 3 is 2.65 bits per heavy atom. The van der Waals surface area contributed by atoms with Crippen LogP contribution in [0.25, 0.3) is 0 Å². The first-order valence-electron chi connectivity index (χ1n) is 7.96. The second-order valence-corrected chi connectivity index (χ2v) is 5.71. The highest BCUT2D eigenvalue weighted by molar-refractivity contribution is 5.33. The highest BCUT2D eigenvalue weighted by Gasteiger charge is 2.17. The van der Waals surface area contributed by atoms with E-state index in [2.05, 4.69) is 23.1 Å². The summed E-state index contributed by atoms with van der Waals surface area (Å²) in [6.07, 6.45) is 5.08. The van der Waals surface area contributed by atoms with E-state index in [9.17, 15) is 0 Å². The Morgan fingerprint density at radius 2 is 1.95 bits per heavy atom. The molecule has 2 rings (SSSR count). The Morgan fingerprint density at radius 1 is 1.20 bits per heavy atom. The second-order valence-electron chi connectivity index (χ2n) is 5.71. The van der Waals surface area contributed by atoms with Crippen molar-refractivity contribution in [3.05, 3.63) is 29.8 Å². The Bertz CT molecular complexity index is 388. The van der Waals surface area contributed by atoms with Gasteiger partial charge in [-0.1, -0.05) is 24.6 Å². The minimum Gasteiger partial charge on any atom is -0.494 e. The molecule has 1 aliphatic rings. The molecule has 0 amide bonds. The molecule has 1 aromatic rings. The average molecular weight is 276 g/mol. The van der Waals surface area contributed by atoms with Crippen molar-refractivity contribution in [3.63, 3.8) is 0 Å². The summed E-state index contributed by atoms with van der Waals surface area (Å²) < 4.78 is 5.72. The quantitative estimate of drug-likeness (QED) is 0.832. The summed E-state index contributed by atoms with van der Waals surface area (Å²) in [6.45, 7) is 7.10. The van der Waals surface area contributed by atoms with Crippen LogP contribution in [0.2, 0.25) is 0 Å². The second kappa shape index (κ2) is 8.28. The molecule has 3 nitrogen and oxygen atoms in total. The summed E-state index contributed by atoms with van der Waals surface area (Å²) in [6, 6.07) is 8.36. The van der Waals surface area contributed by atoms with E-state index in [0.29, 0.717) is 5.92 Å². The lowest BCUT2D eigenvalue weighted by atomic mass is 9.97. The van der Waals surface area contributed by atoms with Crippen LogP contribution in [-0.4, -0.2) is 37.7 Å². The molecule has 0 bridgehead atoms. The lowest BCUT2D eigenvalue weighted by Crippen LogP contribution is -2.37. The third-order valence-electron chi connectivity index (χ3n) is 4.08. The van der Waals surface area contributed by atoms with Gasteiger partial charge in [0.2, 0.25) is 0 Å². The van der Waals surface area contributed by atoms with Crippen molar-refractivity contribution >= 4 is 0 Å². The number of nitrogens with two attached hydrogens (primary N) is 1. The summed E-state index contributed by atoms with van der Waals surface area (Å²) in [4.78, 5) is 2.57. The van der Waals surface area contributed by atoms with Crippen LogP contribution in [0.4, 0.5) is 0 Å². The van der Waals surface area contributed by atoms with Crippen molar-refractivity contribution in [1.82, 2.24) is 4.90 Å². The van der Waals surface area contributed by atoms with Gasteiger partial charge in [0.05, 0.1) is 6.61 Å². The van der Waals surface area contributed by atoms with Crippen molar-refractivity contribution in [1.29, 1.82) is 0 Å². The van der Waals surface area contributed by atoms with Gasteiger partial charge in [-0.2, -0.15) is 0 Å². The van der Waals surface area contributed by atoms with E-state index in [-0.39, 0.29) is 0 Å². The monoisotopic (exact) mass is 276 g/mol. The molecular formula is C17H28N2O. The van der Waals surface area contributed by atoms with Crippen molar-refractivity contribution in [2.45, 2.75) is 32.6 Å². The van der Waals surface area contributed by atoms with Crippen LogP contribution in [0, 0.1) is 5.92 Å². The number of benzene rings is 1. The van der Waals surface area contributed by atoms with E-state index in [1.807, 2.05) is 13.0 Å². The molecule has 0 saturated carbocycles. The zero-order valence-corrected chi connectivity index (χ0v) is 12.7. The molecule has 0 spiro atoms. The van der Waals surface area contributed by atoms with Crippen LogP contribution in [0.1, 0.15) is 31.7 Å². The first-order valence-corrected chi connectivity index (χ1v) is 7.96. The number of ether oxygens (including phenoxy) is 1. The Kier molecular flexibility index (Phi) is 6.34. The topological polar surface area (TPSA) is 38.5 Å². The molecule has 112 valence electrons. The van der Waals surface area contributed by atoms with Gasteiger partial charge in [-0.25, -0.2) is 0 Å². The van der Waals surface area contributed by atoms with E-state index in [4.69, 9.17) is 10.5 Å². The van der Waals surface area contributed by atoms with Crippen molar-refractivity contribution in [3.8, 4) is 5.75 Å². The van der Waals surface area contributed by atoms with Gasteiger partial charge in [-0.05, 0) is 63.4 Å². The van der Waals surface area contributed by atoms with Gasteiger partial charge in [0.25, 0.3) is 0 Å². The van der Waals surface area contributed by atoms with E-state index in [1.54, 1.807) is 0 Å². The average Bonchev–Trinajstić information content (AvgIpc) is 2.50. The summed E-state index contributed by atoms with van der Waals surface area (Å²) in [5.74, 6) is 1.54. The lowest BCUT2D eigenvalue weighted by molar-refractivity contribution is 0.196. The van der Waals surface area contributed by atoms with Crippen molar-refractivity contribution in [2.75, 3.05) is 32.8 Å². The fourth-order valence-electron chi connectivity index (χ4n) is 3.01. The summed E-state index contributed by atoms with van der Waals surface area (Å²) in [5, 5.41) is 0. The molecule has 2 N–H and O–H groups in total. The van der Waals surface area contributed by atoms with Gasteiger partial charge in [0, 0.05) is 6.54 Å². The van der Waals surface area contributed by atoms with Crippen molar-refractivity contribution in [2.24, 2.45) is 11.7 Å². The zero-order valence-electron chi connectivity index (χ0n) is 12.7. The molecule has 1 saturated heterocycles. The first kappa shape index (κ1) is 15.3. The van der Waals surface area contributed by atoms with Gasteiger partial charge in [0.15, 0.2) is 0 Å². The number of hydrogen-bond acceptors (Lipinski definition) is 3. The Labute approximate surface area is 123 Å². The highest BCUT2D eigenvalue weighted by atomic mass is 16.5. The largest absolute Gasteiger partial charge is 0.494 e. The molecule has 0 aliphatic carbocycles. The van der Waals surface area contributed by atoms with E-state index < -0.39 is 0 Å². The van der Waals surface area contributed by atoms with E-state index >= 15 is 0 Å². The minimum atomic E-state index is 0.523. The SMILES string of the molecule is CCOc1ccccc1CC(CN)CN1CCCCC1. The lowest BCUT2D eigenvalue weighted by Gasteiger charge is -2.30. The maximum Gasteiger partial charge on any atom is 0.122 e. The van der Waals surface area contributed by atoms with Gasteiger partial charge >= 0.3 is 0 Å². The van der Waals surface area contributed by atoms with Crippen molar-refractivity contribution < 1.29 is 4.74 Å². The molecule has 1 atom stereocenters. The number of rotatable bonds is 7. The van der Waals surface area contributed by atoms with Gasteiger partial charge in [0.1, 0.15) is 5.75 Å². The fourth-order valence-corrected chi connectivity index (χ4v) is 3.01. The smallest absolute Gasteiger partial charge is 0.122 e. The Balaban J connectivity index is 1.94. The van der Waals surface area contributed by atoms with Gasteiger partial charge in [-0.15, -0.1) is 0 Å². The maximum atomic E-state index is 5.99. The Hall–Kier alpha value is -1.06. The van der Waals surface area contributed by atoms with Gasteiger partial charge in [-0.3, -0.25) is 0 Å².